The molecule has 0 bridgehead atoms. The Kier molecular flexibility index (Phi) is 4.36. The summed E-state index contributed by atoms with van der Waals surface area (Å²) in [6, 6.07) is 9.44. The number of aromatic nitrogens is 2. The minimum Gasteiger partial charge on any atom is -0.339 e. The van der Waals surface area contributed by atoms with E-state index in [1.807, 2.05) is 17.2 Å². The van der Waals surface area contributed by atoms with Crippen molar-refractivity contribution in [3.8, 4) is 0 Å². The number of nitrogens with zero attached hydrogens (tertiary/aromatic N) is 4. The third-order valence-electron chi connectivity index (χ3n) is 5.33. The van der Waals surface area contributed by atoms with Gasteiger partial charge in [-0.1, -0.05) is 12.1 Å². The smallest absolute Gasteiger partial charge is 0.250 e. The van der Waals surface area contributed by atoms with Crippen LogP contribution in [0.25, 0.3) is 0 Å². The number of likely N-dealkylation sites (tertiary alicyclic amines) is 2. The van der Waals surface area contributed by atoms with Gasteiger partial charge < -0.3 is 9.47 Å². The van der Waals surface area contributed by atoms with Gasteiger partial charge in [-0.25, -0.2) is 0 Å². The zero-order valence-electron chi connectivity index (χ0n) is 14.1. The van der Waals surface area contributed by atoms with Crippen molar-refractivity contribution in [2.24, 2.45) is 5.92 Å². The molecule has 4 heterocycles. The van der Waals surface area contributed by atoms with E-state index in [1.54, 1.807) is 24.5 Å². The molecule has 0 unspecified atom stereocenters. The molecule has 6 heteroatoms. The molecule has 0 aliphatic carbocycles. The summed E-state index contributed by atoms with van der Waals surface area (Å²) < 4.78 is 1.48. The average Bonchev–Trinajstić information content (AvgIpc) is 3.20. The van der Waals surface area contributed by atoms with Crippen molar-refractivity contribution in [1.82, 2.24) is 19.4 Å². The van der Waals surface area contributed by atoms with Gasteiger partial charge in [-0.2, -0.15) is 0 Å². The summed E-state index contributed by atoms with van der Waals surface area (Å²) in [7, 11) is 0. The molecule has 1 amide bonds. The standard InChI is InChI=1S/C19H22N4O2/c24-18-5-1-2-8-22(18)14-19(25)23-12-16-6-9-21(17(16)13-23)11-15-4-3-7-20-10-15/h1-5,7-8,10,16-17H,6,9,11-14H2/t16-,17+/m0/s1. The molecule has 2 aromatic rings. The topological polar surface area (TPSA) is 58.4 Å². The molecule has 0 N–H and O–H groups in total. The molecule has 2 aromatic heterocycles. The van der Waals surface area contributed by atoms with E-state index in [9.17, 15) is 9.59 Å². The predicted molar refractivity (Wildman–Crippen MR) is 93.8 cm³/mol. The molecule has 0 saturated carbocycles. The molecule has 6 nitrogen and oxygen atoms in total. The molecule has 25 heavy (non-hydrogen) atoms. The molecule has 0 aromatic carbocycles. The van der Waals surface area contributed by atoms with Crippen LogP contribution in [-0.2, 0) is 17.9 Å². The maximum atomic E-state index is 12.6. The highest BCUT2D eigenvalue weighted by atomic mass is 16.2. The van der Waals surface area contributed by atoms with Crippen LogP contribution in [0.4, 0.5) is 0 Å². The van der Waals surface area contributed by atoms with E-state index in [0.717, 1.165) is 32.6 Å². The van der Waals surface area contributed by atoms with Gasteiger partial charge in [-0.15, -0.1) is 0 Å². The predicted octanol–water partition coefficient (Wildman–Crippen LogP) is 0.976. The van der Waals surface area contributed by atoms with E-state index in [2.05, 4.69) is 16.0 Å². The summed E-state index contributed by atoms with van der Waals surface area (Å²) in [6.45, 7) is 3.64. The number of carbonyl (C=O) groups excluding carboxylic acids is 1. The van der Waals surface area contributed by atoms with Gasteiger partial charge in [0.25, 0.3) is 5.56 Å². The Morgan fingerprint density at radius 1 is 1.20 bits per heavy atom. The van der Waals surface area contributed by atoms with Crippen molar-refractivity contribution in [1.29, 1.82) is 0 Å². The van der Waals surface area contributed by atoms with Gasteiger partial charge in [-0.3, -0.25) is 19.5 Å². The fraction of sp³-hybridized carbons (Fsp3) is 0.421. The fourth-order valence-electron chi connectivity index (χ4n) is 4.01. The number of hydrogen-bond donors (Lipinski definition) is 0. The maximum Gasteiger partial charge on any atom is 0.250 e. The quantitative estimate of drug-likeness (QED) is 0.834. The SMILES string of the molecule is O=C(Cn1ccccc1=O)N1C[C@@H]2CCN(Cc3cccnc3)[C@@H]2C1. The third kappa shape index (κ3) is 3.35. The van der Waals surface area contributed by atoms with Crippen molar-refractivity contribution in [2.75, 3.05) is 19.6 Å². The second kappa shape index (κ2) is 6.80. The van der Waals surface area contributed by atoms with Crippen LogP contribution in [0.1, 0.15) is 12.0 Å². The molecule has 2 atom stereocenters. The molecule has 2 aliphatic rings. The minimum absolute atomic E-state index is 0.0315. The van der Waals surface area contributed by atoms with Crippen LogP contribution < -0.4 is 5.56 Å². The van der Waals surface area contributed by atoms with Crippen molar-refractivity contribution in [3.63, 3.8) is 0 Å². The number of rotatable bonds is 4. The Hall–Kier alpha value is -2.47. The number of amides is 1. The highest BCUT2D eigenvalue weighted by Crippen LogP contribution is 2.32. The van der Waals surface area contributed by atoms with E-state index in [4.69, 9.17) is 0 Å². The van der Waals surface area contributed by atoms with Gasteiger partial charge in [0.15, 0.2) is 0 Å². The average molecular weight is 338 g/mol. The summed E-state index contributed by atoms with van der Waals surface area (Å²) >= 11 is 0. The lowest BCUT2D eigenvalue weighted by Crippen LogP contribution is -2.39. The lowest BCUT2D eigenvalue weighted by molar-refractivity contribution is -0.131. The molecular weight excluding hydrogens is 316 g/mol. The Bertz CT molecular complexity index is 804. The molecule has 130 valence electrons. The number of hydrogen-bond acceptors (Lipinski definition) is 4. The number of carbonyl (C=O) groups is 1. The van der Waals surface area contributed by atoms with Crippen LogP contribution in [0.2, 0.25) is 0 Å². The van der Waals surface area contributed by atoms with Crippen molar-refractivity contribution < 1.29 is 4.79 Å². The van der Waals surface area contributed by atoms with Crippen LogP contribution in [0.5, 0.6) is 0 Å². The molecule has 2 aliphatic heterocycles. The first kappa shape index (κ1) is 16.0. The van der Waals surface area contributed by atoms with Gasteiger partial charge in [0.2, 0.25) is 5.91 Å². The fourth-order valence-corrected chi connectivity index (χ4v) is 4.01. The lowest BCUT2D eigenvalue weighted by atomic mass is 10.1. The lowest BCUT2D eigenvalue weighted by Gasteiger charge is -2.24. The molecule has 2 saturated heterocycles. The molecule has 0 spiro atoms. The van der Waals surface area contributed by atoms with Crippen LogP contribution in [-0.4, -0.2) is 50.9 Å². The molecule has 4 rings (SSSR count). The molecule has 0 radical (unpaired) electrons. The normalized spacial score (nSPS) is 23.0. The van der Waals surface area contributed by atoms with E-state index >= 15 is 0 Å². The monoisotopic (exact) mass is 338 g/mol. The minimum atomic E-state index is -0.131. The van der Waals surface area contributed by atoms with Crippen LogP contribution in [0.15, 0.2) is 53.7 Å². The molecule has 2 fully saturated rings. The Balaban J connectivity index is 1.40. The summed E-state index contributed by atoms with van der Waals surface area (Å²) in [4.78, 5) is 33.0. The summed E-state index contributed by atoms with van der Waals surface area (Å²) in [5.74, 6) is 0.567. The maximum absolute atomic E-state index is 12.6. The van der Waals surface area contributed by atoms with Gasteiger partial charge >= 0.3 is 0 Å². The first-order valence-corrected chi connectivity index (χ1v) is 8.77. The van der Waals surface area contributed by atoms with E-state index in [0.29, 0.717) is 12.0 Å². The van der Waals surface area contributed by atoms with Gasteiger partial charge in [0.05, 0.1) is 0 Å². The van der Waals surface area contributed by atoms with Gasteiger partial charge in [-0.05, 0) is 36.6 Å². The zero-order valence-corrected chi connectivity index (χ0v) is 14.1. The first-order chi connectivity index (χ1) is 12.2. The van der Waals surface area contributed by atoms with Crippen molar-refractivity contribution in [2.45, 2.75) is 25.6 Å². The van der Waals surface area contributed by atoms with Crippen molar-refractivity contribution >= 4 is 5.91 Å². The number of fused-ring (bicyclic) bond motifs is 1. The molecular formula is C19H22N4O2. The number of pyridine rings is 2. The largest absolute Gasteiger partial charge is 0.339 e. The van der Waals surface area contributed by atoms with E-state index in [-0.39, 0.29) is 18.0 Å². The van der Waals surface area contributed by atoms with Crippen molar-refractivity contribution in [3.05, 3.63) is 64.8 Å². The third-order valence-corrected chi connectivity index (χ3v) is 5.33. The second-order valence-corrected chi connectivity index (χ2v) is 6.91. The second-order valence-electron chi connectivity index (χ2n) is 6.91. The van der Waals surface area contributed by atoms with Crippen LogP contribution in [0, 0.1) is 5.92 Å². The van der Waals surface area contributed by atoms with Gasteiger partial charge in [0, 0.05) is 50.3 Å². The Labute approximate surface area is 146 Å². The van der Waals surface area contributed by atoms with E-state index in [1.165, 1.54) is 16.2 Å². The van der Waals surface area contributed by atoms with Crippen LogP contribution in [0.3, 0.4) is 0 Å². The van der Waals surface area contributed by atoms with Gasteiger partial charge in [0.1, 0.15) is 6.54 Å². The highest BCUT2D eigenvalue weighted by molar-refractivity contribution is 5.76. The first-order valence-electron chi connectivity index (χ1n) is 8.77. The summed E-state index contributed by atoms with van der Waals surface area (Å²) in [5.41, 5.74) is 1.08. The summed E-state index contributed by atoms with van der Waals surface area (Å²) in [5, 5.41) is 0. The Morgan fingerprint density at radius 2 is 2.12 bits per heavy atom. The highest BCUT2D eigenvalue weighted by Gasteiger charge is 2.42. The van der Waals surface area contributed by atoms with E-state index < -0.39 is 0 Å². The summed E-state index contributed by atoms with van der Waals surface area (Å²) in [6.07, 6.45) is 6.50. The van der Waals surface area contributed by atoms with Crippen LogP contribution >= 0.6 is 0 Å². The zero-order chi connectivity index (χ0) is 17.2. The Morgan fingerprint density at radius 3 is 2.92 bits per heavy atom.